The lowest BCUT2D eigenvalue weighted by Gasteiger charge is -2.35. The number of urea groups is 1. The molecule has 46 heavy (non-hydrogen) atoms. The number of hydrogen-bond acceptors (Lipinski definition) is 4. The zero-order valence-corrected chi connectivity index (χ0v) is 27.7. The number of hydrogen-bond donors (Lipinski definition) is 1. The molecule has 1 aliphatic rings. The van der Waals surface area contributed by atoms with E-state index in [2.05, 4.69) is 58.8 Å². The largest absolute Gasteiger partial charge is 0.444 e. The lowest BCUT2D eigenvalue weighted by Crippen LogP contribution is -2.43. The molecule has 7 nitrogen and oxygen atoms in total. The number of benzene rings is 3. The van der Waals surface area contributed by atoms with Crippen LogP contribution in [0.25, 0.3) is 11.1 Å². The van der Waals surface area contributed by atoms with Crippen LogP contribution in [0, 0.1) is 0 Å². The van der Waals surface area contributed by atoms with Crippen molar-refractivity contribution in [3.05, 3.63) is 119 Å². The second kappa shape index (κ2) is 15.3. The number of rotatable bonds is 9. The summed E-state index contributed by atoms with van der Waals surface area (Å²) in [6.45, 7) is 7.12. The molecular formula is C38H43ClN4O3. The maximum atomic E-state index is 13.3. The Hall–Kier alpha value is -4.36. The minimum Gasteiger partial charge on any atom is -0.444 e. The van der Waals surface area contributed by atoms with Crippen LogP contribution in [0.15, 0.2) is 97.3 Å². The second-order valence-corrected chi connectivity index (χ2v) is 13.4. The predicted octanol–water partition coefficient (Wildman–Crippen LogP) is 9.71. The van der Waals surface area contributed by atoms with Gasteiger partial charge in [0.25, 0.3) is 0 Å². The van der Waals surface area contributed by atoms with Gasteiger partial charge in [0.15, 0.2) is 0 Å². The molecular weight excluding hydrogens is 596 g/mol. The van der Waals surface area contributed by atoms with Crippen LogP contribution < -0.4 is 5.32 Å². The van der Waals surface area contributed by atoms with Crippen LogP contribution in [-0.4, -0.2) is 38.6 Å². The lowest BCUT2D eigenvalue weighted by atomic mass is 9.94. The van der Waals surface area contributed by atoms with Crippen molar-refractivity contribution < 1.29 is 14.3 Å². The van der Waals surface area contributed by atoms with Gasteiger partial charge in [0.2, 0.25) is 0 Å². The average Bonchev–Trinajstić information content (AvgIpc) is 3.05. The highest BCUT2D eigenvalue weighted by Gasteiger charge is 2.29. The Balaban J connectivity index is 1.26. The second-order valence-electron chi connectivity index (χ2n) is 12.9. The Bertz CT molecular complexity index is 1560. The fourth-order valence-corrected chi connectivity index (χ4v) is 5.85. The summed E-state index contributed by atoms with van der Waals surface area (Å²) in [5, 5.41) is 3.59. The van der Waals surface area contributed by atoms with E-state index < -0.39 is 5.60 Å². The molecule has 1 saturated carbocycles. The molecule has 3 aromatic carbocycles. The average molecular weight is 639 g/mol. The van der Waals surface area contributed by atoms with Gasteiger partial charge in [-0.1, -0.05) is 85.5 Å². The van der Waals surface area contributed by atoms with Crippen LogP contribution in [0.3, 0.4) is 0 Å². The first-order chi connectivity index (χ1) is 22.1. The maximum Gasteiger partial charge on any atom is 0.410 e. The number of aromatic nitrogens is 1. The van der Waals surface area contributed by atoms with Crippen LogP contribution in [0.2, 0.25) is 5.02 Å². The number of halogens is 1. The summed E-state index contributed by atoms with van der Waals surface area (Å²) in [4.78, 5) is 34.4. The van der Waals surface area contributed by atoms with Crippen LogP contribution >= 0.6 is 11.6 Å². The van der Waals surface area contributed by atoms with E-state index in [9.17, 15) is 9.59 Å². The molecule has 0 aliphatic heterocycles. The van der Waals surface area contributed by atoms with Crippen molar-refractivity contribution in [3.63, 3.8) is 0 Å². The zero-order chi connectivity index (χ0) is 32.5. The van der Waals surface area contributed by atoms with E-state index in [0.717, 1.165) is 53.5 Å². The normalized spacial score (nSPS) is 13.6. The number of anilines is 1. The molecule has 8 heteroatoms. The molecule has 0 radical (unpaired) electrons. The maximum absolute atomic E-state index is 13.3. The highest BCUT2D eigenvalue weighted by molar-refractivity contribution is 6.30. The van der Waals surface area contributed by atoms with Crippen LogP contribution in [0.1, 0.15) is 69.6 Å². The van der Waals surface area contributed by atoms with E-state index >= 15 is 0 Å². The van der Waals surface area contributed by atoms with Gasteiger partial charge < -0.3 is 19.9 Å². The van der Waals surface area contributed by atoms with Crippen molar-refractivity contribution in [1.82, 2.24) is 14.8 Å². The van der Waals surface area contributed by atoms with Gasteiger partial charge in [-0.3, -0.25) is 4.98 Å². The van der Waals surface area contributed by atoms with Gasteiger partial charge in [-0.25, -0.2) is 9.59 Å². The molecule has 1 N–H and O–H groups in total. The molecule has 0 unspecified atom stereocenters. The van der Waals surface area contributed by atoms with Crippen LogP contribution in [0.5, 0.6) is 0 Å². The number of nitrogens with one attached hydrogen (secondary N) is 1. The molecule has 0 atom stereocenters. The third kappa shape index (κ3) is 9.57. The summed E-state index contributed by atoms with van der Waals surface area (Å²) in [6.07, 6.45) is 8.82. The van der Waals surface area contributed by atoms with Crippen LogP contribution in [0.4, 0.5) is 15.3 Å². The minimum absolute atomic E-state index is 0.209. The van der Waals surface area contributed by atoms with Crippen molar-refractivity contribution in [2.45, 2.75) is 84.2 Å². The summed E-state index contributed by atoms with van der Waals surface area (Å²) in [7, 11) is 0. The Kier molecular flexibility index (Phi) is 11.0. The molecule has 5 rings (SSSR count). The third-order valence-corrected chi connectivity index (χ3v) is 8.34. The summed E-state index contributed by atoms with van der Waals surface area (Å²) in [5.74, 6) is 0. The number of carbonyl (C=O) groups is 2. The Morgan fingerprint density at radius 1 is 0.804 bits per heavy atom. The highest BCUT2D eigenvalue weighted by Crippen LogP contribution is 2.27. The molecule has 1 aromatic heterocycles. The van der Waals surface area contributed by atoms with Gasteiger partial charge in [-0.05, 0) is 91.8 Å². The van der Waals surface area contributed by atoms with E-state index in [1.807, 2.05) is 37.8 Å². The fraction of sp³-hybridized carbons (Fsp3) is 0.342. The smallest absolute Gasteiger partial charge is 0.410 e. The van der Waals surface area contributed by atoms with Crippen molar-refractivity contribution >= 4 is 29.4 Å². The molecule has 1 fully saturated rings. The first-order valence-electron chi connectivity index (χ1n) is 16.0. The molecule has 1 heterocycles. The molecule has 4 aromatic rings. The van der Waals surface area contributed by atoms with Gasteiger partial charge >= 0.3 is 12.1 Å². The number of ether oxygens (including phenoxy) is 1. The van der Waals surface area contributed by atoms with E-state index in [-0.39, 0.29) is 18.2 Å². The Morgan fingerprint density at radius 3 is 1.96 bits per heavy atom. The van der Waals surface area contributed by atoms with Crippen molar-refractivity contribution in [3.8, 4) is 11.1 Å². The monoisotopic (exact) mass is 638 g/mol. The summed E-state index contributed by atoms with van der Waals surface area (Å²) in [5.41, 5.74) is 5.35. The first-order valence-corrected chi connectivity index (χ1v) is 16.4. The van der Waals surface area contributed by atoms with Crippen molar-refractivity contribution in [1.29, 1.82) is 0 Å². The SMILES string of the molecule is CC(C)(C)OC(=O)N(Cc1ccc(-c2ccc(CN(Cc3cccnc3)C(=O)Nc3ccc(Cl)cc3)cc2)cc1)C1CCCCC1. The molecule has 0 spiro atoms. The molecule has 0 saturated heterocycles. The molecule has 0 bridgehead atoms. The number of amides is 3. The summed E-state index contributed by atoms with van der Waals surface area (Å²) in [6, 6.07) is 27.6. The molecule has 3 amide bonds. The van der Waals surface area contributed by atoms with Crippen molar-refractivity contribution in [2.24, 2.45) is 0 Å². The predicted molar refractivity (Wildman–Crippen MR) is 184 cm³/mol. The minimum atomic E-state index is -0.531. The number of carbonyl (C=O) groups excluding carboxylic acids is 2. The van der Waals surface area contributed by atoms with Gasteiger partial charge in [-0.2, -0.15) is 0 Å². The van der Waals surface area contributed by atoms with E-state index in [4.69, 9.17) is 16.3 Å². The van der Waals surface area contributed by atoms with E-state index in [1.165, 1.54) is 6.42 Å². The Labute approximate surface area is 277 Å². The van der Waals surface area contributed by atoms with Gasteiger partial charge in [0, 0.05) is 48.8 Å². The standard InChI is InChI=1S/C38H43ClN4O3/c1-38(2,3)46-37(45)43(35-9-5-4-6-10-35)27-29-13-17-32(18-14-29)31-15-11-28(12-16-31)25-42(26-30-8-7-23-40-24-30)36(44)41-34-21-19-33(39)20-22-34/h7-8,11-24,35H,4-6,9-10,25-27H2,1-3H3,(H,41,44). The van der Waals surface area contributed by atoms with E-state index in [1.54, 1.807) is 41.6 Å². The summed E-state index contributed by atoms with van der Waals surface area (Å²) >= 11 is 6.02. The molecule has 240 valence electrons. The van der Waals surface area contributed by atoms with Gasteiger partial charge in [-0.15, -0.1) is 0 Å². The van der Waals surface area contributed by atoms with Gasteiger partial charge in [0.05, 0.1) is 0 Å². The number of pyridine rings is 1. The third-order valence-electron chi connectivity index (χ3n) is 8.09. The lowest BCUT2D eigenvalue weighted by molar-refractivity contribution is 0.00988. The van der Waals surface area contributed by atoms with Gasteiger partial charge in [0.1, 0.15) is 5.60 Å². The highest BCUT2D eigenvalue weighted by atomic mass is 35.5. The zero-order valence-electron chi connectivity index (χ0n) is 26.9. The van der Waals surface area contributed by atoms with Crippen LogP contribution in [-0.2, 0) is 24.4 Å². The topological polar surface area (TPSA) is 74.8 Å². The fourth-order valence-electron chi connectivity index (χ4n) is 5.73. The number of nitrogens with zero attached hydrogens (tertiary/aromatic N) is 3. The molecule has 1 aliphatic carbocycles. The summed E-state index contributed by atoms with van der Waals surface area (Å²) < 4.78 is 5.79. The Morgan fingerprint density at radius 2 is 1.39 bits per heavy atom. The van der Waals surface area contributed by atoms with E-state index in [0.29, 0.717) is 30.3 Å². The van der Waals surface area contributed by atoms with Crippen molar-refractivity contribution in [2.75, 3.05) is 5.32 Å². The first kappa shape index (κ1) is 33.0. The quantitative estimate of drug-likeness (QED) is 0.198.